The zero-order valence-electron chi connectivity index (χ0n) is 16.6. The van der Waals surface area contributed by atoms with Crippen molar-refractivity contribution in [2.75, 3.05) is 0 Å². The van der Waals surface area contributed by atoms with E-state index in [0.29, 0.717) is 5.33 Å². The normalized spacial score (nSPS) is 27.0. The number of benzene rings is 1. The molecule has 1 unspecified atom stereocenters. The van der Waals surface area contributed by atoms with Crippen LogP contribution >= 0.6 is 15.9 Å². The molecule has 1 aliphatic rings. The maximum Gasteiger partial charge on any atom is 0.305 e. The molecule has 1 aliphatic heterocycles. The van der Waals surface area contributed by atoms with Crippen molar-refractivity contribution in [3.8, 4) is 0 Å². The Kier molecular flexibility index (Phi) is 7.60. The van der Waals surface area contributed by atoms with Gasteiger partial charge in [-0.15, -0.1) is 0 Å². The van der Waals surface area contributed by atoms with Crippen LogP contribution in [-0.4, -0.2) is 36.4 Å². The van der Waals surface area contributed by atoms with Crippen LogP contribution in [0.25, 0.3) is 0 Å². The summed E-state index contributed by atoms with van der Waals surface area (Å²) in [6.45, 7) is 7.58. The molecule has 0 N–H and O–H groups in total. The van der Waals surface area contributed by atoms with E-state index in [1.54, 1.807) is 0 Å². The first kappa shape index (κ1) is 22.4. The molecular formula is C20H25BrO7. The summed E-state index contributed by atoms with van der Waals surface area (Å²) in [5.41, 5.74) is 3.06. The van der Waals surface area contributed by atoms with Crippen LogP contribution in [-0.2, 0) is 38.7 Å². The minimum Gasteiger partial charge on any atom is -0.458 e. The largest absolute Gasteiger partial charge is 0.458 e. The van der Waals surface area contributed by atoms with Crippen molar-refractivity contribution >= 4 is 33.8 Å². The van der Waals surface area contributed by atoms with Crippen molar-refractivity contribution in [3.05, 3.63) is 34.9 Å². The Labute approximate surface area is 172 Å². The summed E-state index contributed by atoms with van der Waals surface area (Å²) in [5.74, 6) is -2.07. The molecule has 28 heavy (non-hydrogen) atoms. The SMILES string of the molecule is CC(=O)OC1O[C@@H](c2ccc(C)c(CBr)c2)[C@H](C)[C@@H](OC(C)=O)[C@@H]1OC(C)=O. The minimum absolute atomic E-state index is 0.356. The second-order valence-electron chi connectivity index (χ2n) is 6.86. The molecule has 154 valence electrons. The molecule has 8 heteroatoms. The van der Waals surface area contributed by atoms with E-state index >= 15 is 0 Å². The number of carbonyl (C=O) groups is 3. The van der Waals surface area contributed by atoms with Crippen molar-refractivity contribution < 1.29 is 33.3 Å². The molecule has 1 aromatic rings. The number of alkyl halides is 1. The van der Waals surface area contributed by atoms with E-state index in [1.807, 2.05) is 32.0 Å². The summed E-state index contributed by atoms with van der Waals surface area (Å²) < 4.78 is 22.1. The molecule has 0 amide bonds. The average Bonchev–Trinajstić information content (AvgIpc) is 2.60. The van der Waals surface area contributed by atoms with E-state index in [9.17, 15) is 14.4 Å². The highest BCUT2D eigenvalue weighted by Crippen LogP contribution is 2.40. The van der Waals surface area contributed by atoms with Gasteiger partial charge in [-0.05, 0) is 23.6 Å². The van der Waals surface area contributed by atoms with Crippen molar-refractivity contribution in [2.45, 2.75) is 64.6 Å². The molecule has 2 rings (SSSR count). The predicted octanol–water partition coefficient (Wildman–Crippen LogP) is 3.35. The third-order valence-electron chi connectivity index (χ3n) is 4.60. The van der Waals surface area contributed by atoms with Gasteiger partial charge in [-0.1, -0.05) is 41.1 Å². The molecular weight excluding hydrogens is 432 g/mol. The fraction of sp³-hybridized carbons (Fsp3) is 0.550. The third-order valence-corrected chi connectivity index (χ3v) is 5.20. The van der Waals surface area contributed by atoms with Crippen molar-refractivity contribution in [1.29, 1.82) is 0 Å². The van der Waals surface area contributed by atoms with Crippen LogP contribution in [0.3, 0.4) is 0 Å². The van der Waals surface area contributed by atoms with Crippen LogP contribution in [0, 0.1) is 12.8 Å². The summed E-state index contributed by atoms with van der Waals surface area (Å²) in [4.78, 5) is 34.9. The number of hydrogen-bond acceptors (Lipinski definition) is 7. The molecule has 1 heterocycles. The zero-order valence-corrected chi connectivity index (χ0v) is 18.1. The number of carbonyl (C=O) groups excluding carboxylic acids is 3. The van der Waals surface area contributed by atoms with Crippen molar-refractivity contribution in [3.63, 3.8) is 0 Å². The summed E-state index contributed by atoms with van der Waals surface area (Å²) in [5, 5.41) is 0.671. The number of esters is 3. The van der Waals surface area contributed by atoms with Gasteiger partial charge in [0.25, 0.3) is 0 Å². The fourth-order valence-electron chi connectivity index (χ4n) is 3.31. The maximum absolute atomic E-state index is 11.7. The lowest BCUT2D eigenvalue weighted by Gasteiger charge is -2.43. The smallest absolute Gasteiger partial charge is 0.305 e. The topological polar surface area (TPSA) is 88.1 Å². The molecule has 5 atom stereocenters. The van der Waals surface area contributed by atoms with Gasteiger partial charge < -0.3 is 18.9 Å². The number of hydrogen-bond donors (Lipinski definition) is 0. The number of ether oxygens (including phenoxy) is 4. The Morgan fingerprint density at radius 3 is 2.11 bits per heavy atom. The lowest BCUT2D eigenvalue weighted by Crippen LogP contribution is -2.55. The zero-order chi connectivity index (χ0) is 21.0. The van der Waals surface area contributed by atoms with Gasteiger partial charge in [-0.2, -0.15) is 0 Å². The van der Waals surface area contributed by atoms with E-state index in [0.717, 1.165) is 16.7 Å². The van der Waals surface area contributed by atoms with Gasteiger partial charge in [0.15, 0.2) is 6.10 Å². The molecule has 1 aromatic carbocycles. The predicted molar refractivity (Wildman–Crippen MR) is 103 cm³/mol. The molecule has 0 aromatic heterocycles. The highest BCUT2D eigenvalue weighted by Gasteiger charge is 2.50. The highest BCUT2D eigenvalue weighted by molar-refractivity contribution is 9.08. The van der Waals surface area contributed by atoms with Gasteiger partial charge in [-0.25, -0.2) is 0 Å². The van der Waals surface area contributed by atoms with E-state index in [2.05, 4.69) is 15.9 Å². The Morgan fingerprint density at radius 1 is 1.00 bits per heavy atom. The highest BCUT2D eigenvalue weighted by atomic mass is 79.9. The Hall–Kier alpha value is -1.93. The first-order valence-corrected chi connectivity index (χ1v) is 10.1. The van der Waals surface area contributed by atoms with Crippen LogP contribution in [0.15, 0.2) is 18.2 Å². The van der Waals surface area contributed by atoms with Crippen molar-refractivity contribution in [2.24, 2.45) is 5.92 Å². The molecule has 0 aliphatic carbocycles. The Bertz CT molecular complexity index is 748. The Morgan fingerprint density at radius 2 is 1.57 bits per heavy atom. The number of aryl methyl sites for hydroxylation is 1. The fourth-order valence-corrected chi connectivity index (χ4v) is 3.91. The van der Waals surface area contributed by atoms with Gasteiger partial charge in [0, 0.05) is 32.0 Å². The first-order chi connectivity index (χ1) is 13.1. The second kappa shape index (κ2) is 9.52. The second-order valence-corrected chi connectivity index (χ2v) is 7.42. The van der Waals surface area contributed by atoms with Crippen LogP contribution in [0.2, 0.25) is 0 Å². The number of rotatable bonds is 5. The summed E-state index contributed by atoms with van der Waals surface area (Å²) in [7, 11) is 0. The lowest BCUT2D eigenvalue weighted by molar-refractivity contribution is -0.283. The molecule has 0 saturated carbocycles. The van der Waals surface area contributed by atoms with E-state index in [-0.39, 0.29) is 5.92 Å². The van der Waals surface area contributed by atoms with E-state index in [4.69, 9.17) is 18.9 Å². The van der Waals surface area contributed by atoms with E-state index in [1.165, 1.54) is 20.8 Å². The van der Waals surface area contributed by atoms with Crippen LogP contribution < -0.4 is 0 Å². The Balaban J connectivity index is 2.46. The van der Waals surface area contributed by atoms with Crippen LogP contribution in [0.5, 0.6) is 0 Å². The van der Waals surface area contributed by atoms with Gasteiger partial charge in [0.2, 0.25) is 12.4 Å². The summed E-state index contributed by atoms with van der Waals surface area (Å²) >= 11 is 3.47. The standard InChI is InChI=1S/C20H25BrO7/c1-10-6-7-15(8-16(10)9-21)17-11(2)18(25-12(3)22)19(26-13(4)23)20(28-17)27-14(5)24/h6-8,11,17-20H,9H2,1-5H3/t11-,17+,18+,19-,20?/m0/s1. The van der Waals surface area contributed by atoms with Crippen LogP contribution in [0.1, 0.15) is 50.5 Å². The quantitative estimate of drug-likeness (QED) is 0.381. The van der Waals surface area contributed by atoms with Gasteiger partial charge in [-0.3, -0.25) is 14.4 Å². The molecule has 0 radical (unpaired) electrons. The summed E-state index contributed by atoms with van der Waals surface area (Å²) in [6.07, 6.45) is -3.62. The third kappa shape index (κ3) is 5.32. The average molecular weight is 457 g/mol. The minimum atomic E-state index is -1.19. The lowest BCUT2D eigenvalue weighted by atomic mass is 9.85. The van der Waals surface area contributed by atoms with Gasteiger partial charge in [0.1, 0.15) is 0 Å². The molecule has 0 spiro atoms. The molecule has 1 saturated heterocycles. The van der Waals surface area contributed by atoms with Crippen molar-refractivity contribution in [1.82, 2.24) is 0 Å². The molecule has 7 nitrogen and oxygen atoms in total. The summed E-state index contributed by atoms with van der Waals surface area (Å²) in [6, 6.07) is 5.89. The van der Waals surface area contributed by atoms with Gasteiger partial charge >= 0.3 is 17.9 Å². The van der Waals surface area contributed by atoms with E-state index < -0.39 is 42.5 Å². The van der Waals surface area contributed by atoms with Gasteiger partial charge in [0.05, 0.1) is 6.10 Å². The molecule has 0 bridgehead atoms. The number of halogens is 1. The maximum atomic E-state index is 11.7. The van der Waals surface area contributed by atoms with Crippen LogP contribution in [0.4, 0.5) is 0 Å². The first-order valence-electron chi connectivity index (χ1n) is 8.96. The molecule has 1 fully saturated rings. The monoisotopic (exact) mass is 456 g/mol.